The summed E-state index contributed by atoms with van der Waals surface area (Å²) in [7, 11) is 0. The Hall–Kier alpha value is -4.12. The highest BCUT2D eigenvalue weighted by atomic mass is 32.1. The van der Waals surface area contributed by atoms with Gasteiger partial charge in [-0.1, -0.05) is 19.9 Å². The van der Waals surface area contributed by atoms with Crippen molar-refractivity contribution in [3.05, 3.63) is 70.0 Å². The lowest BCUT2D eigenvalue weighted by Gasteiger charge is -2.44. The molecule has 0 radical (unpaired) electrons. The van der Waals surface area contributed by atoms with Crippen LogP contribution in [-0.2, 0) is 27.4 Å². The van der Waals surface area contributed by atoms with E-state index in [9.17, 15) is 50.7 Å². The number of halogens is 7. The molecule has 1 aliphatic rings. The first kappa shape index (κ1) is 36.7. The molecule has 1 aliphatic heterocycles. The molecule has 0 bridgehead atoms. The molecule has 3 aromatic rings. The average Bonchev–Trinajstić information content (AvgIpc) is 3.33. The Kier molecular flexibility index (Phi) is 9.99. The Morgan fingerprint density at radius 1 is 1.04 bits per heavy atom. The van der Waals surface area contributed by atoms with E-state index in [0.717, 1.165) is 0 Å². The van der Waals surface area contributed by atoms with E-state index in [1.807, 2.05) is 18.7 Å². The van der Waals surface area contributed by atoms with Gasteiger partial charge in [0.25, 0.3) is 0 Å². The van der Waals surface area contributed by atoms with E-state index >= 15 is 0 Å². The summed E-state index contributed by atoms with van der Waals surface area (Å²) >= 11 is 1.21. The van der Waals surface area contributed by atoms with Crippen molar-refractivity contribution in [1.82, 2.24) is 0 Å². The molecule has 0 amide bonds. The lowest BCUT2D eigenvalue weighted by Crippen LogP contribution is -2.46. The molecule has 258 valence electrons. The second-order valence-electron chi connectivity index (χ2n) is 13.2. The predicted octanol–water partition coefficient (Wildman–Crippen LogP) is 9.06. The van der Waals surface area contributed by atoms with Crippen molar-refractivity contribution in [1.29, 1.82) is 5.26 Å². The zero-order valence-corrected chi connectivity index (χ0v) is 27.6. The normalized spacial score (nSPS) is 16.8. The molecule has 1 unspecified atom stereocenters. The molecule has 2 aromatic carbocycles. The number of ketones is 1. The van der Waals surface area contributed by atoms with Gasteiger partial charge in [0, 0.05) is 19.5 Å². The second-order valence-corrected chi connectivity index (χ2v) is 14.2. The molecule has 4 rings (SSSR count). The first-order valence-electron chi connectivity index (χ1n) is 14.9. The monoisotopic (exact) mass is 697 g/mol. The number of piperidine rings is 1. The van der Waals surface area contributed by atoms with E-state index < -0.39 is 64.0 Å². The molecule has 1 saturated heterocycles. The minimum absolute atomic E-state index is 0.00253. The summed E-state index contributed by atoms with van der Waals surface area (Å²) in [5.41, 5.74) is -4.41. The number of rotatable bonds is 9. The number of nitriles is 1. The van der Waals surface area contributed by atoms with Gasteiger partial charge < -0.3 is 15.3 Å². The minimum Gasteiger partial charge on any atom is -0.481 e. The van der Waals surface area contributed by atoms with Crippen LogP contribution in [0.2, 0.25) is 0 Å². The molecule has 14 heteroatoms. The maximum atomic E-state index is 14.1. The zero-order valence-electron chi connectivity index (χ0n) is 26.8. The largest absolute Gasteiger partial charge is 0.481 e. The number of Topliss-reactive ketones (excluding diaryl/α,β-unsaturated/α-hetero) is 1. The summed E-state index contributed by atoms with van der Waals surface area (Å²) in [5, 5.41) is 23.2. The third-order valence-electron chi connectivity index (χ3n) is 9.03. The van der Waals surface area contributed by atoms with Crippen LogP contribution in [0.4, 0.5) is 41.4 Å². The van der Waals surface area contributed by atoms with Gasteiger partial charge in [0.2, 0.25) is 0 Å². The van der Waals surface area contributed by atoms with E-state index in [1.54, 1.807) is 6.92 Å². The van der Waals surface area contributed by atoms with Crippen molar-refractivity contribution in [2.24, 2.45) is 11.3 Å². The molecule has 0 aliphatic carbocycles. The molecular formula is C34H34F7N3O3S. The highest BCUT2D eigenvalue weighted by molar-refractivity contribution is 7.20. The van der Waals surface area contributed by atoms with Crippen LogP contribution >= 0.6 is 11.3 Å². The van der Waals surface area contributed by atoms with Crippen LogP contribution in [0.25, 0.3) is 10.4 Å². The van der Waals surface area contributed by atoms with Crippen LogP contribution in [0.15, 0.2) is 36.4 Å². The molecule has 1 atom stereocenters. The van der Waals surface area contributed by atoms with Gasteiger partial charge in [0.05, 0.1) is 33.7 Å². The summed E-state index contributed by atoms with van der Waals surface area (Å²) < 4.78 is 95.5. The van der Waals surface area contributed by atoms with Gasteiger partial charge in [-0.25, -0.2) is 4.39 Å². The van der Waals surface area contributed by atoms with Crippen molar-refractivity contribution < 1.29 is 45.4 Å². The van der Waals surface area contributed by atoms with Crippen LogP contribution < -0.4 is 10.2 Å². The van der Waals surface area contributed by atoms with E-state index in [4.69, 9.17) is 0 Å². The fourth-order valence-electron chi connectivity index (χ4n) is 6.02. The first-order chi connectivity index (χ1) is 22.1. The number of aryl methyl sites for hydroxylation is 1. The molecule has 2 N–H and O–H groups in total. The molecule has 48 heavy (non-hydrogen) atoms. The number of benzene rings is 2. The molecule has 6 nitrogen and oxygen atoms in total. The molecule has 1 fully saturated rings. The van der Waals surface area contributed by atoms with Crippen LogP contribution in [0.5, 0.6) is 0 Å². The van der Waals surface area contributed by atoms with Gasteiger partial charge in [-0.2, -0.15) is 31.6 Å². The Bertz CT molecular complexity index is 1740. The van der Waals surface area contributed by atoms with Crippen LogP contribution in [-0.4, -0.2) is 36.5 Å². The number of hydrogen-bond donors (Lipinski definition) is 2. The third kappa shape index (κ3) is 7.61. The molecule has 2 heterocycles. The number of thiophene rings is 1. The number of carboxylic acids is 1. The van der Waals surface area contributed by atoms with Gasteiger partial charge in [-0.05, 0) is 85.5 Å². The van der Waals surface area contributed by atoms with Crippen LogP contribution in [0.1, 0.15) is 68.4 Å². The highest BCUT2D eigenvalue weighted by Gasteiger charge is 2.41. The molecule has 0 saturated carbocycles. The van der Waals surface area contributed by atoms with Crippen molar-refractivity contribution in [2.75, 3.05) is 29.9 Å². The Balaban J connectivity index is 1.75. The van der Waals surface area contributed by atoms with Crippen molar-refractivity contribution in [2.45, 2.75) is 65.2 Å². The summed E-state index contributed by atoms with van der Waals surface area (Å²) in [6, 6.07) is 7.27. The number of carboxylic acid groups (broad SMARTS) is 1. The van der Waals surface area contributed by atoms with E-state index in [2.05, 4.69) is 11.4 Å². The van der Waals surface area contributed by atoms with Gasteiger partial charge in [-0.3, -0.25) is 9.59 Å². The number of carbonyl (C=O) groups is 2. The average molecular weight is 698 g/mol. The lowest BCUT2D eigenvalue weighted by atomic mass is 9.72. The van der Waals surface area contributed by atoms with E-state index in [0.29, 0.717) is 52.6 Å². The SMILES string of the molecule is Cc1cc(F)ccc1-c1sc(N2CCC(CC(=O)O)C(C)(C)C2)c(C#N)c1NCC(=O)C(C)(C)c1cc(C(F)(F)F)cc(C(F)(F)F)c1. The third-order valence-corrected chi connectivity index (χ3v) is 10.3. The zero-order chi connectivity index (χ0) is 36.0. The van der Waals surface area contributed by atoms with Crippen LogP contribution in [0, 0.1) is 35.4 Å². The van der Waals surface area contributed by atoms with E-state index in [-0.39, 0.29) is 29.7 Å². The minimum atomic E-state index is -5.10. The molecule has 1 aromatic heterocycles. The van der Waals surface area contributed by atoms with Crippen molar-refractivity contribution >= 4 is 33.8 Å². The number of anilines is 2. The Morgan fingerprint density at radius 3 is 2.12 bits per heavy atom. The molecular weight excluding hydrogens is 663 g/mol. The summed E-state index contributed by atoms with van der Waals surface area (Å²) in [6.07, 6.45) is -9.68. The topological polar surface area (TPSA) is 93.4 Å². The fraction of sp³-hybridized carbons (Fsp3) is 0.441. The second kappa shape index (κ2) is 13.1. The number of nitrogens with zero attached hydrogens (tertiary/aromatic N) is 2. The van der Waals surface area contributed by atoms with Gasteiger partial charge in [0.15, 0.2) is 5.78 Å². The van der Waals surface area contributed by atoms with Crippen LogP contribution in [0.3, 0.4) is 0 Å². The highest BCUT2D eigenvalue weighted by Crippen LogP contribution is 2.49. The summed E-state index contributed by atoms with van der Waals surface area (Å²) in [5.74, 6) is -2.28. The van der Waals surface area contributed by atoms with Gasteiger partial charge in [-0.15, -0.1) is 11.3 Å². The van der Waals surface area contributed by atoms with E-state index in [1.165, 1.54) is 43.4 Å². The predicted molar refractivity (Wildman–Crippen MR) is 168 cm³/mol. The smallest absolute Gasteiger partial charge is 0.416 e. The number of hydrogen-bond acceptors (Lipinski definition) is 6. The lowest BCUT2D eigenvalue weighted by molar-refractivity contribution is -0.143. The standard InChI is InChI=1S/C34H34F7N3O3S/c1-18-10-23(35)6-7-24(18)29-28(25(15-42)30(48-29)44-9-8-19(14-27(46)47)31(2,3)17-44)43-16-26(45)32(4,5)20-11-21(33(36,37)38)13-22(12-20)34(39,40)41/h6-7,10-13,19,43H,8-9,14,16-17H2,1-5H3,(H,46,47). The summed E-state index contributed by atoms with van der Waals surface area (Å²) in [6.45, 7) is 8.27. The maximum absolute atomic E-state index is 14.1. The van der Waals surface area contributed by atoms with Gasteiger partial charge >= 0.3 is 18.3 Å². The van der Waals surface area contributed by atoms with Gasteiger partial charge in [0.1, 0.15) is 22.5 Å². The number of aliphatic carboxylic acids is 1. The number of alkyl halides is 6. The molecule has 0 spiro atoms. The Labute approximate surface area is 277 Å². The van der Waals surface area contributed by atoms with Crippen molar-refractivity contribution in [3.63, 3.8) is 0 Å². The maximum Gasteiger partial charge on any atom is 0.416 e. The quantitative estimate of drug-likeness (QED) is 0.217. The first-order valence-corrected chi connectivity index (χ1v) is 15.7. The summed E-state index contributed by atoms with van der Waals surface area (Å²) in [4.78, 5) is 27.5. The number of carbonyl (C=O) groups excluding carboxylic acids is 1. The van der Waals surface area contributed by atoms with Crippen molar-refractivity contribution in [3.8, 4) is 16.5 Å². The fourth-order valence-corrected chi connectivity index (χ4v) is 7.36. The Morgan fingerprint density at radius 2 is 1.62 bits per heavy atom. The number of nitrogens with one attached hydrogen (secondary N) is 1.